The standard InChI is InChI=1S/C10H16N2O4/c1-5(2)10(15)16-12-8(13)4-7(6(3)11)9(12)14/h5-7H,4,11H2,1-3H3. The van der Waals surface area contributed by atoms with Gasteiger partial charge >= 0.3 is 5.97 Å². The van der Waals surface area contributed by atoms with Crippen molar-refractivity contribution in [1.29, 1.82) is 0 Å². The number of nitrogens with zero attached hydrogens (tertiary/aromatic N) is 1. The number of rotatable bonds is 3. The Morgan fingerprint density at radius 3 is 2.38 bits per heavy atom. The minimum Gasteiger partial charge on any atom is -0.330 e. The molecule has 1 fully saturated rings. The molecule has 1 aliphatic heterocycles. The molecule has 0 radical (unpaired) electrons. The fourth-order valence-corrected chi connectivity index (χ4v) is 1.33. The fourth-order valence-electron chi connectivity index (χ4n) is 1.33. The Morgan fingerprint density at radius 1 is 1.44 bits per heavy atom. The quantitative estimate of drug-likeness (QED) is 0.677. The van der Waals surface area contributed by atoms with Crippen LogP contribution in [0.1, 0.15) is 27.2 Å². The highest BCUT2D eigenvalue weighted by atomic mass is 16.7. The van der Waals surface area contributed by atoms with Gasteiger partial charge in [0.05, 0.1) is 11.8 Å². The summed E-state index contributed by atoms with van der Waals surface area (Å²) in [7, 11) is 0. The molecule has 0 aromatic heterocycles. The van der Waals surface area contributed by atoms with E-state index in [1.165, 1.54) is 0 Å². The van der Waals surface area contributed by atoms with Crippen LogP contribution in [0.3, 0.4) is 0 Å². The molecule has 16 heavy (non-hydrogen) atoms. The highest BCUT2D eigenvalue weighted by Gasteiger charge is 2.43. The van der Waals surface area contributed by atoms with Gasteiger partial charge in [-0.2, -0.15) is 0 Å². The van der Waals surface area contributed by atoms with Gasteiger partial charge in [0, 0.05) is 12.5 Å². The highest BCUT2D eigenvalue weighted by Crippen LogP contribution is 2.22. The van der Waals surface area contributed by atoms with Gasteiger partial charge in [0.1, 0.15) is 0 Å². The van der Waals surface area contributed by atoms with Crippen molar-refractivity contribution in [2.24, 2.45) is 17.6 Å². The molecule has 0 saturated carbocycles. The van der Waals surface area contributed by atoms with Crippen LogP contribution < -0.4 is 5.73 Å². The summed E-state index contributed by atoms with van der Waals surface area (Å²) >= 11 is 0. The van der Waals surface area contributed by atoms with E-state index >= 15 is 0 Å². The first kappa shape index (κ1) is 12.6. The lowest BCUT2D eigenvalue weighted by molar-refractivity contribution is -0.200. The van der Waals surface area contributed by atoms with Crippen LogP contribution in [0, 0.1) is 11.8 Å². The molecule has 2 unspecified atom stereocenters. The van der Waals surface area contributed by atoms with Crippen LogP contribution in [0.4, 0.5) is 0 Å². The van der Waals surface area contributed by atoms with Crippen LogP contribution >= 0.6 is 0 Å². The second kappa shape index (κ2) is 4.61. The third-order valence-electron chi connectivity index (χ3n) is 2.43. The molecule has 1 rings (SSSR count). The Labute approximate surface area is 93.7 Å². The zero-order valence-corrected chi connectivity index (χ0v) is 9.60. The van der Waals surface area contributed by atoms with E-state index in [1.807, 2.05) is 0 Å². The Morgan fingerprint density at radius 2 is 2.00 bits per heavy atom. The molecule has 90 valence electrons. The number of nitrogens with two attached hydrogens (primary N) is 1. The topological polar surface area (TPSA) is 89.7 Å². The molecular formula is C10H16N2O4. The summed E-state index contributed by atoms with van der Waals surface area (Å²) in [5.41, 5.74) is 5.56. The molecule has 2 N–H and O–H groups in total. The van der Waals surface area contributed by atoms with E-state index in [4.69, 9.17) is 10.6 Å². The summed E-state index contributed by atoms with van der Waals surface area (Å²) in [6.45, 7) is 4.89. The van der Waals surface area contributed by atoms with E-state index in [9.17, 15) is 14.4 Å². The number of carbonyl (C=O) groups excluding carboxylic acids is 3. The van der Waals surface area contributed by atoms with Gasteiger partial charge in [-0.1, -0.05) is 13.8 Å². The number of hydrogen-bond donors (Lipinski definition) is 1. The third-order valence-corrected chi connectivity index (χ3v) is 2.43. The Balaban J connectivity index is 2.72. The van der Waals surface area contributed by atoms with Gasteiger partial charge in [0.15, 0.2) is 0 Å². The van der Waals surface area contributed by atoms with Crippen LogP contribution in [0.15, 0.2) is 0 Å². The maximum atomic E-state index is 11.7. The first-order valence-electron chi connectivity index (χ1n) is 5.18. The molecule has 1 heterocycles. The molecule has 1 saturated heterocycles. The molecule has 0 aromatic rings. The first-order valence-corrected chi connectivity index (χ1v) is 5.18. The van der Waals surface area contributed by atoms with Crippen molar-refractivity contribution < 1.29 is 19.2 Å². The SMILES string of the molecule is CC(C)C(=O)ON1C(=O)CC(C(C)N)C1=O. The molecule has 6 heteroatoms. The predicted octanol–water partition coefficient (Wildman–Crippen LogP) is -0.177. The number of hydrogen-bond acceptors (Lipinski definition) is 5. The average molecular weight is 228 g/mol. The highest BCUT2D eigenvalue weighted by molar-refractivity contribution is 6.03. The molecular weight excluding hydrogens is 212 g/mol. The summed E-state index contributed by atoms with van der Waals surface area (Å²) in [5, 5.41) is 0.538. The van der Waals surface area contributed by atoms with Crippen LogP contribution in [0.5, 0.6) is 0 Å². The molecule has 0 aromatic carbocycles. The maximum absolute atomic E-state index is 11.7. The number of hydroxylamine groups is 2. The maximum Gasteiger partial charge on any atom is 0.335 e. The molecule has 6 nitrogen and oxygen atoms in total. The van der Waals surface area contributed by atoms with E-state index in [1.54, 1.807) is 20.8 Å². The summed E-state index contributed by atoms with van der Waals surface area (Å²) in [6, 6.07) is -0.431. The van der Waals surface area contributed by atoms with Gasteiger partial charge < -0.3 is 10.6 Å². The van der Waals surface area contributed by atoms with E-state index in [-0.39, 0.29) is 6.42 Å². The van der Waals surface area contributed by atoms with Gasteiger partial charge in [-0.15, -0.1) is 5.06 Å². The lowest BCUT2D eigenvalue weighted by Gasteiger charge is -2.16. The minimum absolute atomic E-state index is 0.00186. The second-order valence-corrected chi connectivity index (χ2v) is 4.26. The van der Waals surface area contributed by atoms with Crippen LogP contribution in [-0.4, -0.2) is 28.9 Å². The summed E-state index contributed by atoms with van der Waals surface area (Å²) in [5.74, 6) is -2.63. The molecule has 2 atom stereocenters. The van der Waals surface area contributed by atoms with Crippen molar-refractivity contribution in [3.8, 4) is 0 Å². The largest absolute Gasteiger partial charge is 0.335 e. The zero-order chi connectivity index (χ0) is 12.5. The van der Waals surface area contributed by atoms with Gasteiger partial charge in [-0.05, 0) is 6.92 Å². The van der Waals surface area contributed by atoms with E-state index < -0.39 is 35.7 Å². The fraction of sp³-hybridized carbons (Fsp3) is 0.700. The van der Waals surface area contributed by atoms with Crippen molar-refractivity contribution in [3.05, 3.63) is 0 Å². The lowest BCUT2D eigenvalue weighted by Crippen LogP contribution is -2.38. The van der Waals surface area contributed by atoms with Gasteiger partial charge in [-0.25, -0.2) is 4.79 Å². The monoisotopic (exact) mass is 228 g/mol. The smallest absolute Gasteiger partial charge is 0.330 e. The van der Waals surface area contributed by atoms with Crippen molar-refractivity contribution >= 4 is 17.8 Å². The summed E-state index contributed by atoms with van der Waals surface area (Å²) in [4.78, 5) is 39.1. The molecule has 0 aliphatic carbocycles. The Kier molecular flexibility index (Phi) is 3.64. The van der Waals surface area contributed by atoms with Crippen LogP contribution in [0.2, 0.25) is 0 Å². The van der Waals surface area contributed by atoms with Gasteiger partial charge in [0.25, 0.3) is 11.8 Å². The molecule has 1 aliphatic rings. The Bertz CT molecular complexity index is 325. The summed E-state index contributed by atoms with van der Waals surface area (Å²) in [6.07, 6.45) is 0.00186. The normalized spacial score (nSPS) is 22.8. The molecule has 0 bridgehead atoms. The predicted molar refractivity (Wildman–Crippen MR) is 54.5 cm³/mol. The van der Waals surface area contributed by atoms with Gasteiger partial charge in [0.2, 0.25) is 0 Å². The minimum atomic E-state index is -0.605. The van der Waals surface area contributed by atoms with Crippen molar-refractivity contribution in [1.82, 2.24) is 5.06 Å². The first-order chi connectivity index (χ1) is 7.34. The molecule has 0 spiro atoms. The second-order valence-electron chi connectivity index (χ2n) is 4.26. The Hall–Kier alpha value is -1.43. The molecule has 2 amide bonds. The van der Waals surface area contributed by atoms with Crippen molar-refractivity contribution in [2.45, 2.75) is 33.2 Å². The van der Waals surface area contributed by atoms with Crippen molar-refractivity contribution in [3.63, 3.8) is 0 Å². The summed E-state index contributed by atoms with van der Waals surface area (Å²) < 4.78 is 0. The lowest BCUT2D eigenvalue weighted by atomic mass is 10.0. The number of amides is 2. The third kappa shape index (κ3) is 2.38. The van der Waals surface area contributed by atoms with E-state index in [0.717, 1.165) is 0 Å². The average Bonchev–Trinajstić information content (AvgIpc) is 2.45. The van der Waals surface area contributed by atoms with E-state index in [0.29, 0.717) is 5.06 Å². The number of imide groups is 1. The van der Waals surface area contributed by atoms with E-state index in [2.05, 4.69) is 0 Å². The van der Waals surface area contributed by atoms with Crippen LogP contribution in [-0.2, 0) is 19.2 Å². The van der Waals surface area contributed by atoms with Crippen molar-refractivity contribution in [2.75, 3.05) is 0 Å². The number of carbonyl (C=O) groups is 3. The van der Waals surface area contributed by atoms with Crippen LogP contribution in [0.25, 0.3) is 0 Å². The van der Waals surface area contributed by atoms with Gasteiger partial charge in [-0.3, -0.25) is 9.59 Å². The zero-order valence-electron chi connectivity index (χ0n) is 9.60.